The lowest BCUT2D eigenvalue weighted by Crippen LogP contribution is -2.29. The van der Waals surface area contributed by atoms with Crippen molar-refractivity contribution in [3.63, 3.8) is 0 Å². The third kappa shape index (κ3) is 3.66. The number of nitrogens with one attached hydrogen (secondary N) is 1. The monoisotopic (exact) mass is 194 g/mol. The second-order valence-electron chi connectivity index (χ2n) is 2.75. The van der Waals surface area contributed by atoms with Gasteiger partial charge in [-0.2, -0.15) is 0 Å². The van der Waals surface area contributed by atoms with Crippen LogP contribution in [0, 0.1) is 10.1 Å². The minimum absolute atomic E-state index is 0.327. The molecule has 0 saturated heterocycles. The van der Waals surface area contributed by atoms with E-state index in [-0.39, 0.29) is 0 Å². The Hall–Kier alpha value is -1.91. The van der Waals surface area contributed by atoms with Crippen LogP contribution in [-0.2, 0) is 11.3 Å². The lowest BCUT2D eigenvalue weighted by atomic mass is 10.2. The Labute approximate surface area is 80.9 Å². The van der Waals surface area contributed by atoms with E-state index in [0.29, 0.717) is 6.54 Å². The highest BCUT2D eigenvalue weighted by Gasteiger charge is 2.07. The van der Waals surface area contributed by atoms with Gasteiger partial charge in [0.1, 0.15) is 0 Å². The van der Waals surface area contributed by atoms with E-state index in [9.17, 15) is 14.9 Å². The highest BCUT2D eigenvalue weighted by molar-refractivity contribution is 5.76. The van der Waals surface area contributed by atoms with Gasteiger partial charge in [0.15, 0.2) is 0 Å². The second-order valence-corrected chi connectivity index (χ2v) is 2.75. The summed E-state index contributed by atoms with van der Waals surface area (Å²) in [6, 6.07) is 9.23. The van der Waals surface area contributed by atoms with E-state index in [1.807, 2.05) is 30.3 Å². The molecule has 0 aromatic heterocycles. The number of carbonyl (C=O) groups excluding carboxylic acids is 1. The molecule has 0 radical (unpaired) electrons. The molecule has 0 saturated carbocycles. The third-order valence-electron chi connectivity index (χ3n) is 1.61. The standard InChI is InChI=1S/C9H10N2O3/c12-9(7-11(13)14)10-6-8-4-2-1-3-5-8/h1-5H,6-7H2,(H,10,12). The van der Waals surface area contributed by atoms with Crippen molar-refractivity contribution in [3.8, 4) is 0 Å². The van der Waals surface area contributed by atoms with E-state index in [1.165, 1.54) is 0 Å². The molecule has 1 rings (SSSR count). The lowest BCUT2D eigenvalue weighted by molar-refractivity contribution is -0.467. The number of carbonyl (C=O) groups is 1. The first-order valence-corrected chi connectivity index (χ1v) is 4.11. The first-order valence-electron chi connectivity index (χ1n) is 4.11. The van der Waals surface area contributed by atoms with Crippen molar-refractivity contribution in [2.45, 2.75) is 6.54 Å². The summed E-state index contributed by atoms with van der Waals surface area (Å²) in [4.78, 5) is 20.2. The molecule has 0 fully saturated rings. The molecule has 1 aromatic rings. The van der Waals surface area contributed by atoms with Crippen LogP contribution in [0.25, 0.3) is 0 Å². The van der Waals surface area contributed by atoms with Crippen LogP contribution < -0.4 is 5.32 Å². The number of hydrogen-bond acceptors (Lipinski definition) is 3. The fourth-order valence-corrected chi connectivity index (χ4v) is 0.970. The third-order valence-corrected chi connectivity index (χ3v) is 1.61. The first kappa shape index (κ1) is 10.2. The molecule has 74 valence electrons. The molecule has 1 amide bonds. The average Bonchev–Trinajstić information content (AvgIpc) is 2.15. The lowest BCUT2D eigenvalue weighted by Gasteiger charge is -2.01. The molecule has 0 unspecified atom stereocenters. The van der Waals surface area contributed by atoms with Gasteiger partial charge in [-0.05, 0) is 5.56 Å². The van der Waals surface area contributed by atoms with Gasteiger partial charge < -0.3 is 5.32 Å². The molecule has 5 nitrogen and oxygen atoms in total. The minimum Gasteiger partial charge on any atom is -0.346 e. The number of nitrogens with zero attached hydrogens (tertiary/aromatic N) is 1. The highest BCUT2D eigenvalue weighted by Crippen LogP contribution is 1.96. The Balaban J connectivity index is 2.34. The van der Waals surface area contributed by atoms with Crippen LogP contribution in [0.1, 0.15) is 5.56 Å². The van der Waals surface area contributed by atoms with Gasteiger partial charge in [0.25, 0.3) is 12.5 Å². The fraction of sp³-hybridized carbons (Fsp3) is 0.222. The molecule has 14 heavy (non-hydrogen) atoms. The number of rotatable bonds is 4. The second kappa shape index (κ2) is 4.96. The summed E-state index contributed by atoms with van der Waals surface area (Å²) in [6.45, 7) is -0.347. The van der Waals surface area contributed by atoms with Crippen molar-refractivity contribution in [3.05, 3.63) is 46.0 Å². The van der Waals surface area contributed by atoms with E-state index >= 15 is 0 Å². The van der Waals surface area contributed by atoms with E-state index < -0.39 is 17.4 Å². The fourth-order valence-electron chi connectivity index (χ4n) is 0.970. The number of nitro groups is 1. The molecule has 5 heteroatoms. The first-order chi connectivity index (χ1) is 6.68. The normalized spacial score (nSPS) is 9.43. The van der Waals surface area contributed by atoms with Gasteiger partial charge in [-0.25, -0.2) is 0 Å². The average molecular weight is 194 g/mol. The van der Waals surface area contributed by atoms with Crippen LogP contribution in [0.4, 0.5) is 0 Å². The molecule has 1 N–H and O–H groups in total. The van der Waals surface area contributed by atoms with Crippen LogP contribution >= 0.6 is 0 Å². The summed E-state index contributed by atoms with van der Waals surface area (Å²) in [6.07, 6.45) is 0. The predicted molar refractivity (Wildman–Crippen MR) is 50.2 cm³/mol. The zero-order valence-electron chi connectivity index (χ0n) is 7.47. The largest absolute Gasteiger partial charge is 0.346 e. The van der Waals surface area contributed by atoms with Crippen molar-refractivity contribution in [2.75, 3.05) is 6.54 Å². The van der Waals surface area contributed by atoms with Crippen molar-refractivity contribution in [2.24, 2.45) is 0 Å². The summed E-state index contributed by atoms with van der Waals surface area (Å²) in [7, 11) is 0. The Morgan fingerprint density at radius 1 is 1.36 bits per heavy atom. The minimum atomic E-state index is -0.674. The maximum absolute atomic E-state index is 10.9. The van der Waals surface area contributed by atoms with Crippen molar-refractivity contribution < 1.29 is 9.72 Å². The van der Waals surface area contributed by atoms with Crippen LogP contribution in [0.15, 0.2) is 30.3 Å². The zero-order valence-corrected chi connectivity index (χ0v) is 7.47. The smallest absolute Gasteiger partial charge is 0.292 e. The van der Waals surface area contributed by atoms with Gasteiger partial charge in [0, 0.05) is 11.5 Å². The highest BCUT2D eigenvalue weighted by atomic mass is 16.6. The maximum atomic E-state index is 10.9. The Morgan fingerprint density at radius 2 is 2.00 bits per heavy atom. The SMILES string of the molecule is O=C(C[N+](=O)[O-])NCc1ccccc1. The Bertz CT molecular complexity index is 324. The van der Waals surface area contributed by atoms with Crippen LogP contribution in [0.2, 0.25) is 0 Å². The van der Waals surface area contributed by atoms with Crippen molar-refractivity contribution in [1.29, 1.82) is 0 Å². The van der Waals surface area contributed by atoms with Gasteiger partial charge >= 0.3 is 0 Å². The van der Waals surface area contributed by atoms with E-state index in [0.717, 1.165) is 5.56 Å². The summed E-state index contributed by atoms with van der Waals surface area (Å²) in [5.74, 6) is -0.571. The number of benzene rings is 1. The molecular weight excluding hydrogens is 184 g/mol. The summed E-state index contributed by atoms with van der Waals surface area (Å²) >= 11 is 0. The van der Waals surface area contributed by atoms with E-state index in [2.05, 4.69) is 5.32 Å². The summed E-state index contributed by atoms with van der Waals surface area (Å²) in [5, 5.41) is 12.4. The van der Waals surface area contributed by atoms with Crippen molar-refractivity contribution >= 4 is 5.91 Å². The van der Waals surface area contributed by atoms with Crippen molar-refractivity contribution in [1.82, 2.24) is 5.32 Å². The topological polar surface area (TPSA) is 72.2 Å². The van der Waals surface area contributed by atoms with Gasteiger partial charge in [-0.1, -0.05) is 30.3 Å². The van der Waals surface area contributed by atoms with Crippen LogP contribution in [-0.4, -0.2) is 17.4 Å². The van der Waals surface area contributed by atoms with Gasteiger partial charge in [-0.3, -0.25) is 14.9 Å². The zero-order chi connectivity index (χ0) is 10.4. The predicted octanol–water partition coefficient (Wildman–Crippen LogP) is 0.579. The molecule has 0 atom stereocenters. The molecule has 0 heterocycles. The molecule has 0 spiro atoms. The summed E-state index contributed by atoms with van der Waals surface area (Å²) in [5.41, 5.74) is 0.921. The Kier molecular flexibility index (Phi) is 3.60. The summed E-state index contributed by atoms with van der Waals surface area (Å²) < 4.78 is 0. The van der Waals surface area contributed by atoms with Gasteiger partial charge in [-0.15, -0.1) is 0 Å². The molecule has 1 aromatic carbocycles. The quantitative estimate of drug-likeness (QED) is 0.562. The van der Waals surface area contributed by atoms with Crippen LogP contribution in [0.3, 0.4) is 0 Å². The van der Waals surface area contributed by atoms with Gasteiger partial charge in [0.2, 0.25) is 0 Å². The molecule has 0 aliphatic heterocycles. The number of hydrogen-bond donors (Lipinski definition) is 1. The maximum Gasteiger partial charge on any atom is 0.292 e. The van der Waals surface area contributed by atoms with Gasteiger partial charge in [0.05, 0.1) is 0 Å². The van der Waals surface area contributed by atoms with E-state index in [4.69, 9.17) is 0 Å². The van der Waals surface area contributed by atoms with Crippen LogP contribution in [0.5, 0.6) is 0 Å². The molecular formula is C9H10N2O3. The molecule has 0 aliphatic rings. The van der Waals surface area contributed by atoms with E-state index in [1.54, 1.807) is 0 Å². The Morgan fingerprint density at radius 3 is 2.57 bits per heavy atom. The number of amides is 1. The molecule has 0 bridgehead atoms. The molecule has 0 aliphatic carbocycles.